The van der Waals surface area contributed by atoms with E-state index in [2.05, 4.69) is 16.0 Å². The number of aromatic nitrogens is 2. The SMILES string of the molecule is COC(=O)c1sc2nc(/C(Cl)=C/c3cccc(OCCCC#N)c3)[nH]c(=O)c2c1C. The van der Waals surface area contributed by atoms with E-state index >= 15 is 0 Å². The van der Waals surface area contributed by atoms with E-state index in [0.717, 1.165) is 16.9 Å². The Morgan fingerprint density at radius 3 is 2.97 bits per heavy atom. The van der Waals surface area contributed by atoms with Crippen LogP contribution in [0.3, 0.4) is 0 Å². The zero-order chi connectivity index (χ0) is 21.7. The van der Waals surface area contributed by atoms with Crippen LogP contribution in [-0.4, -0.2) is 29.7 Å². The van der Waals surface area contributed by atoms with Crippen LogP contribution in [0.2, 0.25) is 0 Å². The lowest BCUT2D eigenvalue weighted by Crippen LogP contribution is -2.10. The number of hydrogen-bond donors (Lipinski definition) is 1. The van der Waals surface area contributed by atoms with Gasteiger partial charge in [0.15, 0.2) is 5.82 Å². The summed E-state index contributed by atoms with van der Waals surface area (Å²) < 4.78 is 10.4. The number of esters is 1. The largest absolute Gasteiger partial charge is 0.494 e. The molecule has 30 heavy (non-hydrogen) atoms. The zero-order valence-corrected chi connectivity index (χ0v) is 17.9. The van der Waals surface area contributed by atoms with Crippen molar-refractivity contribution in [1.29, 1.82) is 5.26 Å². The molecule has 7 nitrogen and oxygen atoms in total. The number of thiophene rings is 1. The van der Waals surface area contributed by atoms with Crippen LogP contribution in [0, 0.1) is 18.3 Å². The van der Waals surface area contributed by atoms with Crippen molar-refractivity contribution in [3.05, 3.63) is 56.4 Å². The number of unbranched alkanes of at least 4 members (excludes halogenated alkanes) is 1. The molecule has 154 valence electrons. The number of carbonyl (C=O) groups excluding carboxylic acids is 1. The monoisotopic (exact) mass is 443 g/mol. The molecule has 0 saturated heterocycles. The first-order valence-corrected chi connectivity index (χ1v) is 10.2. The maximum Gasteiger partial charge on any atom is 0.348 e. The molecule has 0 unspecified atom stereocenters. The van der Waals surface area contributed by atoms with Crippen LogP contribution < -0.4 is 10.3 Å². The Morgan fingerprint density at radius 2 is 2.23 bits per heavy atom. The van der Waals surface area contributed by atoms with E-state index in [4.69, 9.17) is 26.3 Å². The molecule has 0 fully saturated rings. The Bertz CT molecular complexity index is 1220. The standard InChI is InChI=1S/C21H18ClN3O4S/c1-12-16-19(26)24-18(25-20(16)30-17(12)21(27)28-2)15(22)11-13-6-5-7-14(10-13)29-9-4-3-8-23/h5-7,10-11H,3-4,9H2,1-2H3,(H,24,25,26)/b15-11-. The number of ether oxygens (including phenoxy) is 2. The average molecular weight is 444 g/mol. The number of methoxy groups -OCH3 is 1. The number of aryl methyl sites for hydroxylation is 1. The van der Waals surface area contributed by atoms with Gasteiger partial charge in [0, 0.05) is 6.42 Å². The van der Waals surface area contributed by atoms with Gasteiger partial charge in [-0.25, -0.2) is 9.78 Å². The van der Waals surface area contributed by atoms with Crippen LogP contribution in [0.15, 0.2) is 29.1 Å². The molecule has 1 N–H and O–H groups in total. The molecule has 0 radical (unpaired) electrons. The summed E-state index contributed by atoms with van der Waals surface area (Å²) in [6.07, 6.45) is 2.75. The Labute approximate surface area is 181 Å². The highest BCUT2D eigenvalue weighted by atomic mass is 35.5. The lowest BCUT2D eigenvalue weighted by atomic mass is 10.2. The first-order chi connectivity index (χ1) is 14.4. The van der Waals surface area contributed by atoms with Gasteiger partial charge in [-0.1, -0.05) is 23.7 Å². The molecule has 9 heteroatoms. The number of fused-ring (bicyclic) bond motifs is 1. The number of benzene rings is 1. The normalized spacial score (nSPS) is 11.3. The predicted octanol–water partition coefficient (Wildman–Crippen LogP) is 4.50. The van der Waals surface area contributed by atoms with E-state index in [-0.39, 0.29) is 16.4 Å². The van der Waals surface area contributed by atoms with Crippen LogP contribution >= 0.6 is 22.9 Å². The van der Waals surface area contributed by atoms with Gasteiger partial charge in [-0.2, -0.15) is 5.26 Å². The van der Waals surface area contributed by atoms with Crippen LogP contribution in [-0.2, 0) is 4.74 Å². The summed E-state index contributed by atoms with van der Waals surface area (Å²) in [4.78, 5) is 32.3. The van der Waals surface area contributed by atoms with Gasteiger partial charge in [0.1, 0.15) is 15.5 Å². The highest BCUT2D eigenvalue weighted by Crippen LogP contribution is 2.29. The molecule has 2 aromatic heterocycles. The third-order valence-electron chi connectivity index (χ3n) is 4.25. The molecular weight excluding hydrogens is 426 g/mol. The third kappa shape index (κ3) is 4.70. The minimum atomic E-state index is -0.510. The summed E-state index contributed by atoms with van der Waals surface area (Å²) >= 11 is 7.50. The molecule has 0 saturated carbocycles. The molecule has 0 aliphatic rings. The molecule has 0 aliphatic heterocycles. The van der Waals surface area contributed by atoms with Gasteiger partial charge in [0.2, 0.25) is 0 Å². The lowest BCUT2D eigenvalue weighted by Gasteiger charge is -2.06. The van der Waals surface area contributed by atoms with Gasteiger partial charge in [0.25, 0.3) is 5.56 Å². The number of aromatic amines is 1. The van der Waals surface area contributed by atoms with Crippen LogP contribution in [0.4, 0.5) is 0 Å². The predicted molar refractivity (Wildman–Crippen MR) is 117 cm³/mol. The number of nitrogens with zero attached hydrogens (tertiary/aromatic N) is 2. The summed E-state index contributed by atoms with van der Waals surface area (Å²) in [5.41, 5.74) is 0.918. The minimum Gasteiger partial charge on any atom is -0.494 e. The molecule has 0 atom stereocenters. The van der Waals surface area contributed by atoms with Crippen LogP contribution in [0.25, 0.3) is 21.3 Å². The summed E-state index contributed by atoms with van der Waals surface area (Å²) in [6, 6.07) is 9.35. The maximum absolute atomic E-state index is 12.6. The number of nitriles is 1. The molecule has 3 rings (SSSR count). The number of carbonyl (C=O) groups is 1. The van der Waals surface area contributed by atoms with Gasteiger partial charge in [-0.05, 0) is 42.7 Å². The molecule has 0 amide bonds. The number of nitrogens with one attached hydrogen (secondary N) is 1. The van der Waals surface area contributed by atoms with Gasteiger partial charge >= 0.3 is 5.97 Å². The third-order valence-corrected chi connectivity index (χ3v) is 5.70. The quantitative estimate of drug-likeness (QED) is 0.425. The highest BCUT2D eigenvalue weighted by molar-refractivity contribution is 7.20. The second-order valence-corrected chi connectivity index (χ2v) is 7.72. The highest BCUT2D eigenvalue weighted by Gasteiger charge is 2.20. The number of rotatable bonds is 7. The van der Waals surface area contributed by atoms with Gasteiger partial charge in [-0.15, -0.1) is 11.3 Å². The molecule has 0 spiro atoms. The van der Waals surface area contributed by atoms with E-state index in [9.17, 15) is 9.59 Å². The molecule has 3 aromatic rings. The van der Waals surface area contributed by atoms with Crippen molar-refractivity contribution in [2.24, 2.45) is 0 Å². The fraction of sp³-hybridized carbons (Fsp3) is 0.238. The van der Waals surface area contributed by atoms with E-state index in [1.165, 1.54) is 7.11 Å². The summed E-state index contributed by atoms with van der Waals surface area (Å²) in [5.74, 6) is 0.344. The van der Waals surface area contributed by atoms with Crippen LogP contribution in [0.1, 0.15) is 39.5 Å². The minimum absolute atomic E-state index is 0.201. The molecular formula is C21H18ClN3O4S. The van der Waals surface area contributed by atoms with Crippen LogP contribution in [0.5, 0.6) is 5.75 Å². The molecule has 2 heterocycles. The molecule has 0 bridgehead atoms. The van der Waals surface area contributed by atoms with Crippen molar-refractivity contribution in [2.45, 2.75) is 19.8 Å². The van der Waals surface area contributed by atoms with Crippen molar-refractivity contribution in [3.63, 3.8) is 0 Å². The fourth-order valence-electron chi connectivity index (χ4n) is 2.79. The molecule has 0 aliphatic carbocycles. The smallest absolute Gasteiger partial charge is 0.348 e. The van der Waals surface area contributed by atoms with E-state index < -0.39 is 5.97 Å². The Balaban J connectivity index is 1.90. The average Bonchev–Trinajstić information content (AvgIpc) is 3.08. The Kier molecular flexibility index (Phi) is 6.87. The molecule has 1 aromatic carbocycles. The number of hydrogen-bond acceptors (Lipinski definition) is 7. The maximum atomic E-state index is 12.6. The van der Waals surface area contributed by atoms with Crippen molar-refractivity contribution in [3.8, 4) is 11.8 Å². The Morgan fingerprint density at radius 1 is 1.43 bits per heavy atom. The fourth-order valence-corrected chi connectivity index (χ4v) is 4.11. The van der Waals surface area contributed by atoms with Gasteiger partial charge in [0.05, 0.1) is 30.2 Å². The first-order valence-electron chi connectivity index (χ1n) is 9.03. The van der Waals surface area contributed by atoms with Crippen molar-refractivity contribution >= 4 is 50.2 Å². The number of halogens is 1. The first kappa shape index (κ1) is 21.6. The van der Waals surface area contributed by atoms with Crippen molar-refractivity contribution < 1.29 is 14.3 Å². The lowest BCUT2D eigenvalue weighted by molar-refractivity contribution is 0.0605. The zero-order valence-electron chi connectivity index (χ0n) is 16.3. The van der Waals surface area contributed by atoms with E-state index in [0.29, 0.717) is 45.9 Å². The summed E-state index contributed by atoms with van der Waals surface area (Å²) in [6.45, 7) is 2.13. The second-order valence-electron chi connectivity index (χ2n) is 6.32. The van der Waals surface area contributed by atoms with Gasteiger partial charge < -0.3 is 14.5 Å². The van der Waals surface area contributed by atoms with E-state index in [1.807, 2.05) is 18.2 Å². The topological polar surface area (TPSA) is 105 Å². The van der Waals surface area contributed by atoms with Gasteiger partial charge in [-0.3, -0.25) is 4.79 Å². The van der Waals surface area contributed by atoms with E-state index in [1.54, 1.807) is 19.1 Å². The van der Waals surface area contributed by atoms with Crippen molar-refractivity contribution in [2.75, 3.05) is 13.7 Å². The summed E-state index contributed by atoms with van der Waals surface area (Å²) in [5, 5.41) is 9.16. The Hall–Kier alpha value is -3.15. The summed E-state index contributed by atoms with van der Waals surface area (Å²) in [7, 11) is 1.29. The number of H-pyrrole nitrogens is 1. The van der Waals surface area contributed by atoms with Crippen molar-refractivity contribution in [1.82, 2.24) is 9.97 Å². The second kappa shape index (κ2) is 9.57.